The van der Waals surface area contributed by atoms with Crippen LogP contribution in [0.25, 0.3) is 0 Å². The van der Waals surface area contributed by atoms with Crippen molar-refractivity contribution in [3.8, 4) is 5.75 Å². The van der Waals surface area contributed by atoms with Crippen molar-refractivity contribution in [2.75, 3.05) is 0 Å². The van der Waals surface area contributed by atoms with Crippen molar-refractivity contribution in [1.82, 2.24) is 0 Å². The smallest absolute Gasteiger partial charge is 0.194 e. The Balaban J connectivity index is 1.84. The average Bonchev–Trinajstić information content (AvgIpc) is 3.26. The molecule has 0 bridgehead atoms. The molecule has 102 valence electrons. The quantitative estimate of drug-likeness (QED) is 0.761. The summed E-state index contributed by atoms with van der Waals surface area (Å²) in [7, 11) is 0. The van der Waals surface area contributed by atoms with Crippen molar-refractivity contribution in [3.05, 3.63) is 63.6 Å². The number of ketones is 1. The van der Waals surface area contributed by atoms with E-state index in [2.05, 4.69) is 0 Å². The Kier molecular flexibility index (Phi) is 3.68. The van der Waals surface area contributed by atoms with Gasteiger partial charge in [0.2, 0.25) is 0 Å². The van der Waals surface area contributed by atoms with Gasteiger partial charge in [0.25, 0.3) is 0 Å². The molecule has 0 spiro atoms. The zero-order valence-electron chi connectivity index (χ0n) is 10.6. The zero-order chi connectivity index (χ0) is 14.1. The Morgan fingerprint density at radius 3 is 2.40 bits per heavy atom. The summed E-state index contributed by atoms with van der Waals surface area (Å²) in [6.07, 6.45) is 2.57. The van der Waals surface area contributed by atoms with Crippen LogP contribution in [-0.4, -0.2) is 11.9 Å². The fourth-order valence-corrected chi connectivity index (χ4v) is 2.28. The molecule has 1 saturated carbocycles. The number of hydrogen-bond acceptors (Lipinski definition) is 2. The van der Waals surface area contributed by atoms with Gasteiger partial charge in [-0.3, -0.25) is 4.79 Å². The molecule has 1 aliphatic carbocycles. The van der Waals surface area contributed by atoms with E-state index in [1.165, 1.54) is 0 Å². The molecule has 3 rings (SSSR count). The first-order valence-corrected chi connectivity index (χ1v) is 7.16. The van der Waals surface area contributed by atoms with E-state index in [0.717, 1.165) is 18.6 Å². The third kappa shape index (κ3) is 2.82. The highest BCUT2D eigenvalue weighted by molar-refractivity contribution is 6.44. The molecule has 0 atom stereocenters. The first-order valence-electron chi connectivity index (χ1n) is 6.40. The van der Waals surface area contributed by atoms with E-state index in [1.54, 1.807) is 30.3 Å². The van der Waals surface area contributed by atoms with Crippen LogP contribution in [0.4, 0.5) is 0 Å². The van der Waals surface area contributed by atoms with E-state index in [9.17, 15) is 4.79 Å². The lowest BCUT2D eigenvalue weighted by atomic mass is 10.0. The summed E-state index contributed by atoms with van der Waals surface area (Å²) >= 11 is 12.0. The summed E-state index contributed by atoms with van der Waals surface area (Å²) in [6.45, 7) is 0. The number of halogens is 2. The SMILES string of the molecule is O=C(c1ccc(OC2CC2)cc1)c1cccc(Cl)c1Cl. The highest BCUT2D eigenvalue weighted by atomic mass is 35.5. The Bertz CT molecular complexity index is 646. The summed E-state index contributed by atoms with van der Waals surface area (Å²) in [5.41, 5.74) is 0.979. The third-order valence-electron chi connectivity index (χ3n) is 3.14. The zero-order valence-corrected chi connectivity index (χ0v) is 12.1. The minimum absolute atomic E-state index is 0.143. The van der Waals surface area contributed by atoms with Crippen LogP contribution in [0.5, 0.6) is 5.75 Å². The molecule has 0 saturated heterocycles. The van der Waals surface area contributed by atoms with Crippen molar-refractivity contribution in [2.45, 2.75) is 18.9 Å². The Morgan fingerprint density at radius 2 is 1.75 bits per heavy atom. The van der Waals surface area contributed by atoms with Gasteiger partial charge in [0.05, 0.1) is 16.1 Å². The molecule has 2 nitrogen and oxygen atoms in total. The Hall–Kier alpha value is -1.51. The van der Waals surface area contributed by atoms with Crippen LogP contribution in [0.15, 0.2) is 42.5 Å². The number of ether oxygens (including phenoxy) is 1. The van der Waals surface area contributed by atoms with Gasteiger partial charge in [-0.15, -0.1) is 0 Å². The fourth-order valence-electron chi connectivity index (χ4n) is 1.90. The van der Waals surface area contributed by atoms with E-state index in [1.807, 2.05) is 12.1 Å². The van der Waals surface area contributed by atoms with Crippen molar-refractivity contribution in [3.63, 3.8) is 0 Å². The predicted molar refractivity (Wildman–Crippen MR) is 80.0 cm³/mol. The van der Waals surface area contributed by atoms with Gasteiger partial charge in [-0.2, -0.15) is 0 Å². The Morgan fingerprint density at radius 1 is 1.05 bits per heavy atom. The number of rotatable bonds is 4. The molecule has 0 amide bonds. The van der Waals surface area contributed by atoms with Crippen molar-refractivity contribution < 1.29 is 9.53 Å². The minimum Gasteiger partial charge on any atom is -0.490 e. The van der Waals surface area contributed by atoms with Crippen LogP contribution in [0.1, 0.15) is 28.8 Å². The highest BCUT2D eigenvalue weighted by Crippen LogP contribution is 2.29. The molecule has 20 heavy (non-hydrogen) atoms. The predicted octanol–water partition coefficient (Wildman–Crippen LogP) is 4.77. The summed E-state index contributed by atoms with van der Waals surface area (Å²) in [4.78, 5) is 12.4. The summed E-state index contributed by atoms with van der Waals surface area (Å²) in [6, 6.07) is 12.2. The molecule has 1 aliphatic rings. The molecule has 2 aromatic carbocycles. The molecule has 0 radical (unpaired) electrons. The van der Waals surface area contributed by atoms with E-state index >= 15 is 0 Å². The average molecular weight is 307 g/mol. The molecule has 0 heterocycles. The monoisotopic (exact) mass is 306 g/mol. The van der Waals surface area contributed by atoms with Crippen molar-refractivity contribution in [1.29, 1.82) is 0 Å². The summed E-state index contributed by atoms with van der Waals surface area (Å²) in [5, 5.41) is 0.670. The lowest BCUT2D eigenvalue weighted by molar-refractivity contribution is 0.103. The van der Waals surface area contributed by atoms with Crippen LogP contribution < -0.4 is 4.74 Å². The van der Waals surface area contributed by atoms with Gasteiger partial charge in [0, 0.05) is 11.1 Å². The highest BCUT2D eigenvalue weighted by Gasteiger charge is 2.23. The van der Waals surface area contributed by atoms with Crippen molar-refractivity contribution in [2.24, 2.45) is 0 Å². The molecule has 0 aromatic heterocycles. The standard InChI is InChI=1S/C16H12Cl2O2/c17-14-3-1-2-13(15(14)18)16(19)10-4-6-11(7-5-10)20-12-8-9-12/h1-7,12H,8-9H2. The number of carbonyl (C=O) groups excluding carboxylic acids is 1. The van der Waals surface area contributed by atoms with Gasteiger partial charge in [-0.05, 0) is 49.2 Å². The summed E-state index contributed by atoms with van der Waals surface area (Å²) in [5.74, 6) is 0.650. The Labute approximate surface area is 127 Å². The van der Waals surface area contributed by atoms with Gasteiger partial charge >= 0.3 is 0 Å². The van der Waals surface area contributed by atoms with E-state index in [0.29, 0.717) is 22.3 Å². The topological polar surface area (TPSA) is 26.3 Å². The lowest BCUT2D eigenvalue weighted by Crippen LogP contribution is -2.03. The number of benzene rings is 2. The van der Waals surface area contributed by atoms with E-state index in [-0.39, 0.29) is 10.8 Å². The van der Waals surface area contributed by atoms with Gasteiger partial charge in [0.1, 0.15) is 5.75 Å². The second-order valence-corrected chi connectivity index (χ2v) is 5.56. The molecule has 4 heteroatoms. The van der Waals surface area contributed by atoms with Crippen LogP contribution >= 0.6 is 23.2 Å². The lowest BCUT2D eigenvalue weighted by Gasteiger charge is -2.07. The molecule has 0 unspecified atom stereocenters. The van der Waals surface area contributed by atoms with E-state index < -0.39 is 0 Å². The summed E-state index contributed by atoms with van der Waals surface area (Å²) < 4.78 is 5.65. The van der Waals surface area contributed by atoms with Gasteiger partial charge in [0.15, 0.2) is 5.78 Å². The molecular weight excluding hydrogens is 295 g/mol. The van der Waals surface area contributed by atoms with Crippen molar-refractivity contribution >= 4 is 29.0 Å². The molecular formula is C16H12Cl2O2. The first-order chi connectivity index (χ1) is 9.65. The number of hydrogen-bond donors (Lipinski definition) is 0. The minimum atomic E-state index is -0.143. The van der Waals surface area contributed by atoms with Crippen LogP contribution in [0, 0.1) is 0 Å². The maximum Gasteiger partial charge on any atom is 0.194 e. The molecule has 2 aromatic rings. The maximum absolute atomic E-state index is 12.4. The second-order valence-electron chi connectivity index (χ2n) is 4.77. The fraction of sp³-hybridized carbons (Fsp3) is 0.188. The molecule has 0 N–H and O–H groups in total. The number of carbonyl (C=O) groups is 1. The largest absolute Gasteiger partial charge is 0.490 e. The first kappa shape index (κ1) is 13.5. The van der Waals surface area contributed by atoms with Crippen LogP contribution in [0.2, 0.25) is 10.0 Å². The van der Waals surface area contributed by atoms with E-state index in [4.69, 9.17) is 27.9 Å². The third-order valence-corrected chi connectivity index (χ3v) is 3.96. The van der Waals surface area contributed by atoms with Gasteiger partial charge < -0.3 is 4.74 Å². The second kappa shape index (κ2) is 5.47. The van der Waals surface area contributed by atoms with Gasteiger partial charge in [-0.1, -0.05) is 29.3 Å². The molecule has 1 fully saturated rings. The normalized spacial score (nSPS) is 14.1. The molecule has 0 aliphatic heterocycles. The van der Waals surface area contributed by atoms with Crippen LogP contribution in [0.3, 0.4) is 0 Å². The van der Waals surface area contributed by atoms with Crippen LogP contribution in [-0.2, 0) is 0 Å². The van der Waals surface area contributed by atoms with Gasteiger partial charge in [-0.25, -0.2) is 0 Å². The maximum atomic E-state index is 12.4.